The van der Waals surface area contributed by atoms with E-state index < -0.39 is 0 Å². The molecule has 1 atom stereocenters. The van der Waals surface area contributed by atoms with Crippen molar-refractivity contribution in [2.24, 2.45) is 0 Å². The molecule has 0 unspecified atom stereocenters. The fourth-order valence-electron chi connectivity index (χ4n) is 1.36. The lowest BCUT2D eigenvalue weighted by Crippen LogP contribution is -2.05. The van der Waals surface area contributed by atoms with Gasteiger partial charge in [0.05, 0.1) is 12.2 Å². The number of unbranched alkanes of at least 4 members (excludes halogenated alkanes) is 4. The largest absolute Gasteiger partial charge is 0.393 e. The SMILES string of the molecule is CCCCCCC[C@@H](O)CCC#N. The Bertz CT molecular complexity index is 140. The normalized spacial score (nSPS) is 12.4. The summed E-state index contributed by atoms with van der Waals surface area (Å²) in [6, 6.07) is 2.05. The lowest BCUT2D eigenvalue weighted by molar-refractivity contribution is 0.152. The fraction of sp³-hybridized carbons (Fsp3) is 0.909. The monoisotopic (exact) mass is 183 g/mol. The molecule has 0 fully saturated rings. The van der Waals surface area contributed by atoms with Gasteiger partial charge in [0.1, 0.15) is 0 Å². The van der Waals surface area contributed by atoms with E-state index in [0.29, 0.717) is 12.8 Å². The van der Waals surface area contributed by atoms with Crippen LogP contribution in [0, 0.1) is 11.3 Å². The quantitative estimate of drug-likeness (QED) is 0.588. The second-order valence-electron chi connectivity index (χ2n) is 3.55. The molecule has 1 N–H and O–H groups in total. The van der Waals surface area contributed by atoms with Crippen LogP contribution in [0.5, 0.6) is 0 Å². The van der Waals surface area contributed by atoms with Crippen molar-refractivity contribution in [3.8, 4) is 6.07 Å². The molecule has 0 amide bonds. The van der Waals surface area contributed by atoms with E-state index in [2.05, 4.69) is 6.92 Å². The van der Waals surface area contributed by atoms with E-state index in [-0.39, 0.29) is 6.10 Å². The Labute approximate surface area is 81.6 Å². The number of aliphatic hydroxyl groups excluding tert-OH is 1. The van der Waals surface area contributed by atoms with Gasteiger partial charge in [0, 0.05) is 6.42 Å². The first-order chi connectivity index (χ1) is 6.31. The Hall–Kier alpha value is -0.550. The molecule has 0 saturated carbocycles. The predicted octanol–water partition coefficient (Wildman–Crippen LogP) is 3.01. The zero-order valence-electron chi connectivity index (χ0n) is 8.63. The van der Waals surface area contributed by atoms with Crippen LogP contribution in [0.2, 0.25) is 0 Å². The summed E-state index contributed by atoms with van der Waals surface area (Å²) >= 11 is 0. The molecule has 0 aromatic rings. The first kappa shape index (κ1) is 12.4. The summed E-state index contributed by atoms with van der Waals surface area (Å²) in [5.74, 6) is 0. The third-order valence-corrected chi connectivity index (χ3v) is 2.23. The Morgan fingerprint density at radius 2 is 1.85 bits per heavy atom. The molecule has 0 radical (unpaired) electrons. The molecule has 76 valence electrons. The Balaban J connectivity index is 3.08. The van der Waals surface area contributed by atoms with Crippen molar-refractivity contribution >= 4 is 0 Å². The Kier molecular flexibility index (Phi) is 9.13. The molecule has 0 bridgehead atoms. The second kappa shape index (κ2) is 9.54. The third-order valence-electron chi connectivity index (χ3n) is 2.23. The van der Waals surface area contributed by atoms with Crippen LogP contribution < -0.4 is 0 Å². The smallest absolute Gasteiger partial charge is 0.0622 e. The molecular formula is C11H21NO. The molecule has 13 heavy (non-hydrogen) atoms. The average molecular weight is 183 g/mol. The van der Waals surface area contributed by atoms with Crippen molar-refractivity contribution < 1.29 is 5.11 Å². The zero-order valence-corrected chi connectivity index (χ0v) is 8.63. The second-order valence-corrected chi connectivity index (χ2v) is 3.55. The summed E-state index contributed by atoms with van der Waals surface area (Å²) in [6.45, 7) is 2.20. The highest BCUT2D eigenvalue weighted by molar-refractivity contribution is 4.71. The topological polar surface area (TPSA) is 44.0 Å². The van der Waals surface area contributed by atoms with Crippen molar-refractivity contribution in [3.05, 3.63) is 0 Å². The Morgan fingerprint density at radius 3 is 2.46 bits per heavy atom. The van der Waals surface area contributed by atoms with Gasteiger partial charge in [0.2, 0.25) is 0 Å². The van der Waals surface area contributed by atoms with Gasteiger partial charge >= 0.3 is 0 Å². The van der Waals surface area contributed by atoms with E-state index in [4.69, 9.17) is 5.26 Å². The molecule has 0 spiro atoms. The molecule has 0 aromatic heterocycles. The predicted molar refractivity (Wildman–Crippen MR) is 54.2 cm³/mol. The lowest BCUT2D eigenvalue weighted by Gasteiger charge is -2.07. The van der Waals surface area contributed by atoms with Gasteiger partial charge < -0.3 is 5.11 Å². The molecule has 2 nitrogen and oxygen atoms in total. The number of hydrogen-bond acceptors (Lipinski definition) is 2. The van der Waals surface area contributed by atoms with Crippen molar-refractivity contribution in [2.75, 3.05) is 0 Å². The van der Waals surface area contributed by atoms with Gasteiger partial charge in [-0.05, 0) is 12.8 Å². The maximum atomic E-state index is 9.39. The maximum Gasteiger partial charge on any atom is 0.0622 e. The molecule has 0 aliphatic rings. The van der Waals surface area contributed by atoms with Crippen LogP contribution in [-0.2, 0) is 0 Å². The number of nitriles is 1. The van der Waals surface area contributed by atoms with Crippen LogP contribution in [0.15, 0.2) is 0 Å². The summed E-state index contributed by atoms with van der Waals surface area (Å²) in [5.41, 5.74) is 0. The summed E-state index contributed by atoms with van der Waals surface area (Å²) < 4.78 is 0. The highest BCUT2D eigenvalue weighted by Gasteiger charge is 2.02. The molecule has 0 aliphatic carbocycles. The van der Waals surface area contributed by atoms with E-state index in [0.717, 1.165) is 12.8 Å². The lowest BCUT2D eigenvalue weighted by atomic mass is 10.1. The molecule has 0 aliphatic heterocycles. The number of aliphatic hydroxyl groups is 1. The van der Waals surface area contributed by atoms with Crippen LogP contribution >= 0.6 is 0 Å². The van der Waals surface area contributed by atoms with E-state index in [1.165, 1.54) is 25.7 Å². The van der Waals surface area contributed by atoms with E-state index >= 15 is 0 Å². The standard InChI is InChI=1S/C11H21NO/c1-2-3-4-5-6-8-11(13)9-7-10-12/h11,13H,2-9H2,1H3/t11-/m1/s1. The minimum absolute atomic E-state index is 0.249. The van der Waals surface area contributed by atoms with Gasteiger partial charge in [-0.15, -0.1) is 0 Å². The van der Waals surface area contributed by atoms with Crippen molar-refractivity contribution in [1.82, 2.24) is 0 Å². The van der Waals surface area contributed by atoms with Gasteiger partial charge in [-0.2, -0.15) is 5.26 Å². The first-order valence-corrected chi connectivity index (χ1v) is 5.36. The van der Waals surface area contributed by atoms with Gasteiger partial charge in [-0.25, -0.2) is 0 Å². The molecule has 0 heterocycles. The first-order valence-electron chi connectivity index (χ1n) is 5.36. The summed E-state index contributed by atoms with van der Waals surface area (Å²) in [4.78, 5) is 0. The van der Waals surface area contributed by atoms with Crippen LogP contribution in [0.25, 0.3) is 0 Å². The van der Waals surface area contributed by atoms with Gasteiger partial charge in [-0.1, -0.05) is 39.0 Å². The van der Waals surface area contributed by atoms with Gasteiger partial charge in [-0.3, -0.25) is 0 Å². The third kappa shape index (κ3) is 9.36. The highest BCUT2D eigenvalue weighted by Crippen LogP contribution is 2.09. The van der Waals surface area contributed by atoms with E-state index in [1.807, 2.05) is 6.07 Å². The van der Waals surface area contributed by atoms with Crippen LogP contribution in [-0.4, -0.2) is 11.2 Å². The molecular weight excluding hydrogens is 162 g/mol. The van der Waals surface area contributed by atoms with Crippen LogP contribution in [0.4, 0.5) is 0 Å². The van der Waals surface area contributed by atoms with E-state index in [9.17, 15) is 5.11 Å². The summed E-state index contributed by atoms with van der Waals surface area (Å²) in [6.07, 6.45) is 7.91. The van der Waals surface area contributed by atoms with Crippen molar-refractivity contribution in [3.63, 3.8) is 0 Å². The number of rotatable bonds is 8. The van der Waals surface area contributed by atoms with E-state index in [1.54, 1.807) is 0 Å². The molecule has 0 rings (SSSR count). The molecule has 2 heteroatoms. The number of hydrogen-bond donors (Lipinski definition) is 1. The molecule has 0 aromatic carbocycles. The number of nitrogens with zero attached hydrogens (tertiary/aromatic N) is 1. The Morgan fingerprint density at radius 1 is 1.15 bits per heavy atom. The fourth-order valence-corrected chi connectivity index (χ4v) is 1.36. The highest BCUT2D eigenvalue weighted by atomic mass is 16.3. The summed E-state index contributed by atoms with van der Waals surface area (Å²) in [5, 5.41) is 17.7. The zero-order chi connectivity index (χ0) is 9.94. The van der Waals surface area contributed by atoms with Gasteiger partial charge in [0.25, 0.3) is 0 Å². The minimum atomic E-state index is -0.249. The van der Waals surface area contributed by atoms with Crippen LogP contribution in [0.1, 0.15) is 58.3 Å². The minimum Gasteiger partial charge on any atom is -0.393 e. The maximum absolute atomic E-state index is 9.39. The average Bonchev–Trinajstić information content (AvgIpc) is 2.14. The van der Waals surface area contributed by atoms with Crippen LogP contribution in [0.3, 0.4) is 0 Å². The van der Waals surface area contributed by atoms with Crippen molar-refractivity contribution in [1.29, 1.82) is 5.26 Å². The summed E-state index contributed by atoms with van der Waals surface area (Å²) in [7, 11) is 0. The molecule has 0 saturated heterocycles. The van der Waals surface area contributed by atoms with Crippen molar-refractivity contribution in [2.45, 2.75) is 64.4 Å². The van der Waals surface area contributed by atoms with Gasteiger partial charge in [0.15, 0.2) is 0 Å².